The predicted molar refractivity (Wildman–Crippen MR) is 92.4 cm³/mol. The largest absolute Gasteiger partial charge is 0.370 e. The fourth-order valence-corrected chi connectivity index (χ4v) is 2.47. The molecule has 0 saturated carbocycles. The number of primary amides is 1. The third-order valence-electron chi connectivity index (χ3n) is 3.75. The molecule has 0 bridgehead atoms. The minimum absolute atomic E-state index is 0.0869. The van der Waals surface area contributed by atoms with E-state index in [0.717, 1.165) is 11.1 Å². The van der Waals surface area contributed by atoms with Crippen LogP contribution in [-0.2, 0) is 9.59 Å². The van der Waals surface area contributed by atoms with E-state index < -0.39 is 11.9 Å². The summed E-state index contributed by atoms with van der Waals surface area (Å²) in [6.45, 7) is 0. The number of nitrogens with one attached hydrogen (secondary N) is 2. The lowest BCUT2D eigenvalue weighted by molar-refractivity contribution is -0.124. The highest BCUT2D eigenvalue weighted by atomic mass is 16.2. The van der Waals surface area contributed by atoms with Gasteiger partial charge >= 0.3 is 0 Å². The fourth-order valence-electron chi connectivity index (χ4n) is 2.47. The van der Waals surface area contributed by atoms with Gasteiger partial charge in [-0.3, -0.25) is 15.4 Å². The number of hydrogen-bond donors (Lipinski definition) is 4. The average molecular weight is 326 g/mol. The summed E-state index contributed by atoms with van der Waals surface area (Å²) in [6.07, 6.45) is 0.331. The van der Waals surface area contributed by atoms with Crippen LogP contribution in [0.5, 0.6) is 0 Å². The molecule has 2 rings (SSSR count). The standard InChI is InChI=1S/C18H22N4O2/c19-16(23)12-11-15(22-20)18(24)21-17(13-7-3-1-4-8-13)14-9-5-2-6-10-14/h1-10,15,17,22H,11-12,20H2,(H2,19,23)(H,21,24). The molecule has 0 fully saturated rings. The van der Waals surface area contributed by atoms with Gasteiger partial charge in [0, 0.05) is 6.42 Å². The number of amides is 2. The molecule has 0 aromatic heterocycles. The second-order valence-electron chi connectivity index (χ2n) is 5.49. The van der Waals surface area contributed by atoms with E-state index in [1.165, 1.54) is 0 Å². The zero-order chi connectivity index (χ0) is 17.4. The summed E-state index contributed by atoms with van der Waals surface area (Å²) < 4.78 is 0. The first-order valence-electron chi connectivity index (χ1n) is 7.76. The van der Waals surface area contributed by atoms with Crippen molar-refractivity contribution < 1.29 is 9.59 Å². The van der Waals surface area contributed by atoms with Gasteiger partial charge in [0.2, 0.25) is 11.8 Å². The summed E-state index contributed by atoms with van der Waals surface area (Å²) in [5, 5.41) is 2.99. The lowest BCUT2D eigenvalue weighted by atomic mass is 9.98. The molecule has 1 atom stereocenters. The van der Waals surface area contributed by atoms with Crippen molar-refractivity contribution >= 4 is 11.8 Å². The van der Waals surface area contributed by atoms with E-state index in [2.05, 4.69) is 10.7 Å². The van der Waals surface area contributed by atoms with Crippen molar-refractivity contribution in [2.45, 2.75) is 24.9 Å². The molecule has 24 heavy (non-hydrogen) atoms. The van der Waals surface area contributed by atoms with Crippen LogP contribution in [0.25, 0.3) is 0 Å². The van der Waals surface area contributed by atoms with Crippen molar-refractivity contribution in [1.82, 2.24) is 10.7 Å². The van der Waals surface area contributed by atoms with Crippen LogP contribution in [0.3, 0.4) is 0 Å². The SMILES string of the molecule is NNC(CCC(N)=O)C(=O)NC(c1ccccc1)c1ccccc1. The van der Waals surface area contributed by atoms with Gasteiger partial charge in [0.25, 0.3) is 0 Å². The Kier molecular flexibility index (Phi) is 6.48. The molecular weight excluding hydrogens is 304 g/mol. The van der Waals surface area contributed by atoms with E-state index in [1.807, 2.05) is 60.7 Å². The number of carbonyl (C=O) groups is 2. The van der Waals surface area contributed by atoms with E-state index in [0.29, 0.717) is 0 Å². The first-order chi connectivity index (χ1) is 11.6. The second kappa shape index (κ2) is 8.81. The Morgan fingerprint density at radius 1 is 0.917 bits per heavy atom. The first kappa shape index (κ1) is 17.7. The maximum absolute atomic E-state index is 12.5. The van der Waals surface area contributed by atoms with Crippen LogP contribution >= 0.6 is 0 Å². The van der Waals surface area contributed by atoms with Gasteiger partial charge in [-0.25, -0.2) is 5.43 Å². The lowest BCUT2D eigenvalue weighted by Gasteiger charge is -2.23. The minimum Gasteiger partial charge on any atom is -0.370 e. The van der Waals surface area contributed by atoms with Gasteiger partial charge in [-0.1, -0.05) is 60.7 Å². The molecule has 0 heterocycles. The normalized spacial score (nSPS) is 11.9. The molecule has 0 aliphatic heterocycles. The van der Waals surface area contributed by atoms with Crippen molar-refractivity contribution in [2.75, 3.05) is 0 Å². The van der Waals surface area contributed by atoms with Crippen molar-refractivity contribution in [3.63, 3.8) is 0 Å². The van der Waals surface area contributed by atoms with E-state index >= 15 is 0 Å². The summed E-state index contributed by atoms with van der Waals surface area (Å²) in [7, 11) is 0. The van der Waals surface area contributed by atoms with Crippen LogP contribution in [0.4, 0.5) is 0 Å². The van der Waals surface area contributed by atoms with E-state index in [-0.39, 0.29) is 24.8 Å². The van der Waals surface area contributed by atoms with Gasteiger partial charge in [-0.2, -0.15) is 0 Å². The molecule has 2 amide bonds. The molecule has 6 N–H and O–H groups in total. The number of hydrazine groups is 1. The van der Waals surface area contributed by atoms with Crippen molar-refractivity contribution in [2.24, 2.45) is 11.6 Å². The quantitative estimate of drug-likeness (QED) is 0.428. The molecule has 6 nitrogen and oxygen atoms in total. The first-order valence-corrected chi connectivity index (χ1v) is 7.76. The number of hydrogen-bond acceptors (Lipinski definition) is 4. The van der Waals surface area contributed by atoms with E-state index in [4.69, 9.17) is 11.6 Å². The molecule has 2 aromatic rings. The van der Waals surface area contributed by atoms with Gasteiger partial charge in [0.05, 0.1) is 6.04 Å². The summed E-state index contributed by atoms with van der Waals surface area (Å²) in [5.41, 5.74) is 9.51. The molecule has 6 heteroatoms. The van der Waals surface area contributed by atoms with Gasteiger partial charge in [-0.15, -0.1) is 0 Å². The topological polar surface area (TPSA) is 110 Å². The number of carbonyl (C=O) groups excluding carboxylic acids is 2. The minimum atomic E-state index is -0.688. The summed E-state index contributed by atoms with van der Waals surface area (Å²) in [5.74, 6) is 4.70. The molecule has 0 aliphatic carbocycles. The zero-order valence-corrected chi connectivity index (χ0v) is 13.3. The molecule has 0 spiro atoms. The fraction of sp³-hybridized carbons (Fsp3) is 0.222. The Hall–Kier alpha value is -2.70. The lowest BCUT2D eigenvalue weighted by Crippen LogP contribution is -2.48. The Labute approximate surface area is 141 Å². The highest BCUT2D eigenvalue weighted by Crippen LogP contribution is 2.22. The van der Waals surface area contributed by atoms with Gasteiger partial charge in [-0.05, 0) is 17.5 Å². The second-order valence-corrected chi connectivity index (χ2v) is 5.49. The Balaban J connectivity index is 2.19. The Bertz CT molecular complexity index is 622. The van der Waals surface area contributed by atoms with E-state index in [1.54, 1.807) is 0 Å². The zero-order valence-electron chi connectivity index (χ0n) is 13.3. The monoisotopic (exact) mass is 326 g/mol. The van der Waals surface area contributed by atoms with E-state index in [9.17, 15) is 9.59 Å². The van der Waals surface area contributed by atoms with Gasteiger partial charge in [0.15, 0.2) is 0 Å². The summed E-state index contributed by atoms with van der Waals surface area (Å²) in [4.78, 5) is 23.5. The number of nitrogens with two attached hydrogens (primary N) is 2. The van der Waals surface area contributed by atoms with Gasteiger partial charge in [0.1, 0.15) is 6.04 Å². The number of benzene rings is 2. The molecule has 2 aromatic carbocycles. The molecule has 0 saturated heterocycles. The van der Waals surface area contributed by atoms with Crippen LogP contribution in [0.1, 0.15) is 30.0 Å². The van der Waals surface area contributed by atoms with Gasteiger partial charge < -0.3 is 11.1 Å². The molecule has 0 aliphatic rings. The predicted octanol–water partition coefficient (Wildman–Crippen LogP) is 0.990. The maximum Gasteiger partial charge on any atom is 0.239 e. The number of rotatable bonds is 8. The van der Waals surface area contributed by atoms with Crippen LogP contribution < -0.4 is 22.3 Å². The molecule has 0 radical (unpaired) electrons. The average Bonchev–Trinajstić information content (AvgIpc) is 2.61. The van der Waals surface area contributed by atoms with Crippen LogP contribution in [-0.4, -0.2) is 17.9 Å². The molecule has 126 valence electrons. The smallest absolute Gasteiger partial charge is 0.239 e. The Morgan fingerprint density at radius 3 is 1.83 bits per heavy atom. The third-order valence-corrected chi connectivity index (χ3v) is 3.75. The Morgan fingerprint density at radius 2 is 1.42 bits per heavy atom. The van der Waals surface area contributed by atoms with Crippen LogP contribution in [0.15, 0.2) is 60.7 Å². The highest BCUT2D eigenvalue weighted by Gasteiger charge is 2.22. The summed E-state index contributed by atoms with van der Waals surface area (Å²) in [6, 6.07) is 18.3. The third kappa shape index (κ3) is 4.91. The molecule has 1 unspecified atom stereocenters. The van der Waals surface area contributed by atoms with Crippen molar-refractivity contribution in [3.05, 3.63) is 71.8 Å². The van der Waals surface area contributed by atoms with Crippen LogP contribution in [0.2, 0.25) is 0 Å². The van der Waals surface area contributed by atoms with Crippen LogP contribution in [0, 0.1) is 0 Å². The van der Waals surface area contributed by atoms with Crippen molar-refractivity contribution in [3.8, 4) is 0 Å². The maximum atomic E-state index is 12.5. The highest BCUT2D eigenvalue weighted by molar-refractivity contribution is 5.83. The molecular formula is C18H22N4O2. The van der Waals surface area contributed by atoms with Crippen molar-refractivity contribution in [1.29, 1.82) is 0 Å². The summed E-state index contributed by atoms with van der Waals surface area (Å²) >= 11 is 0.